The number of imidazole rings is 1. The highest BCUT2D eigenvalue weighted by Gasteiger charge is 2.12. The second-order valence-corrected chi connectivity index (χ2v) is 6.59. The molecule has 1 saturated heterocycles. The highest BCUT2D eigenvalue weighted by molar-refractivity contribution is 5.93. The van der Waals surface area contributed by atoms with E-state index in [1.165, 1.54) is 38.5 Å². The van der Waals surface area contributed by atoms with Crippen molar-refractivity contribution in [2.75, 3.05) is 24.5 Å². The van der Waals surface area contributed by atoms with Crippen molar-refractivity contribution in [3.63, 3.8) is 0 Å². The monoisotopic (exact) mass is 341 g/mol. The van der Waals surface area contributed by atoms with Gasteiger partial charge in [0.1, 0.15) is 5.69 Å². The van der Waals surface area contributed by atoms with E-state index >= 15 is 0 Å². The summed E-state index contributed by atoms with van der Waals surface area (Å²) in [5.41, 5.74) is 2.61. The second kappa shape index (κ2) is 9.20. The first kappa shape index (κ1) is 17.5. The van der Waals surface area contributed by atoms with Gasteiger partial charge in [0.2, 0.25) is 0 Å². The Morgan fingerprint density at radius 1 is 1.16 bits per heavy atom. The minimum atomic E-state index is -0.120. The van der Waals surface area contributed by atoms with E-state index < -0.39 is 0 Å². The molecule has 1 aliphatic rings. The number of hydrogen-bond donors (Lipinski definition) is 2. The van der Waals surface area contributed by atoms with Crippen LogP contribution < -0.4 is 10.2 Å². The Hall–Kier alpha value is -2.37. The van der Waals surface area contributed by atoms with E-state index in [0.717, 1.165) is 30.9 Å². The number of carbonyl (C=O) groups excluding carboxylic acids is 1. The van der Waals surface area contributed by atoms with Gasteiger partial charge in [-0.25, -0.2) is 4.98 Å². The molecule has 3 heterocycles. The van der Waals surface area contributed by atoms with Crippen molar-refractivity contribution < 1.29 is 4.79 Å². The first-order valence-electron chi connectivity index (χ1n) is 9.29. The average Bonchev–Trinajstić information content (AvgIpc) is 3.18. The largest absolute Gasteiger partial charge is 0.371 e. The van der Waals surface area contributed by atoms with Crippen LogP contribution in [0.25, 0.3) is 0 Å². The number of aromatic nitrogens is 3. The van der Waals surface area contributed by atoms with Gasteiger partial charge in [-0.3, -0.25) is 9.78 Å². The normalized spacial score (nSPS) is 15.9. The predicted molar refractivity (Wildman–Crippen MR) is 98.8 cm³/mol. The van der Waals surface area contributed by atoms with Crippen molar-refractivity contribution in [1.29, 1.82) is 0 Å². The summed E-state index contributed by atoms with van der Waals surface area (Å²) in [6, 6.07) is 3.93. The van der Waals surface area contributed by atoms with Gasteiger partial charge in [-0.2, -0.15) is 0 Å². The molecule has 0 radical (unpaired) electrons. The highest BCUT2D eigenvalue weighted by Crippen LogP contribution is 2.19. The number of rotatable bonds is 5. The molecule has 134 valence electrons. The van der Waals surface area contributed by atoms with E-state index in [1.807, 2.05) is 12.1 Å². The first-order chi connectivity index (χ1) is 12.3. The standard InChI is InChI=1S/C19H27N5O/c25-19(22-9-7-16-14-20-15-23-16)18-13-17(8-10-21-18)24-11-5-3-1-2-4-6-12-24/h8,10,13-15H,1-7,9,11-12H2,(H,20,23)(H,22,25). The molecule has 1 fully saturated rings. The molecular weight excluding hydrogens is 314 g/mol. The number of hydrogen-bond acceptors (Lipinski definition) is 4. The lowest BCUT2D eigenvalue weighted by atomic mass is 10.1. The molecule has 6 nitrogen and oxygen atoms in total. The maximum absolute atomic E-state index is 12.4. The highest BCUT2D eigenvalue weighted by atomic mass is 16.1. The quantitative estimate of drug-likeness (QED) is 0.877. The van der Waals surface area contributed by atoms with Crippen LogP contribution in [0.2, 0.25) is 0 Å². The van der Waals surface area contributed by atoms with E-state index in [0.29, 0.717) is 12.2 Å². The van der Waals surface area contributed by atoms with Gasteiger partial charge >= 0.3 is 0 Å². The van der Waals surface area contributed by atoms with Crippen molar-refractivity contribution in [3.8, 4) is 0 Å². The number of carbonyl (C=O) groups is 1. The Morgan fingerprint density at radius 3 is 2.64 bits per heavy atom. The van der Waals surface area contributed by atoms with Gasteiger partial charge in [-0.15, -0.1) is 0 Å². The van der Waals surface area contributed by atoms with E-state index in [1.54, 1.807) is 18.7 Å². The molecule has 1 amide bonds. The Bertz CT molecular complexity index is 646. The number of amides is 1. The molecule has 0 aromatic carbocycles. The third-order valence-corrected chi connectivity index (χ3v) is 4.68. The molecule has 1 aliphatic heterocycles. The van der Waals surface area contributed by atoms with Crippen LogP contribution in [0.3, 0.4) is 0 Å². The molecule has 0 unspecified atom stereocenters. The number of nitrogens with one attached hydrogen (secondary N) is 2. The molecule has 25 heavy (non-hydrogen) atoms. The SMILES string of the molecule is O=C(NCCc1cnc[nH]1)c1cc(N2CCCCCCCC2)ccn1. The summed E-state index contributed by atoms with van der Waals surface area (Å²) in [6.45, 7) is 2.69. The summed E-state index contributed by atoms with van der Waals surface area (Å²) in [5, 5.41) is 2.93. The number of pyridine rings is 1. The molecule has 2 aromatic heterocycles. The lowest BCUT2D eigenvalue weighted by Crippen LogP contribution is -2.28. The summed E-state index contributed by atoms with van der Waals surface area (Å²) >= 11 is 0. The summed E-state index contributed by atoms with van der Waals surface area (Å²) in [4.78, 5) is 26.0. The van der Waals surface area contributed by atoms with Crippen molar-refractivity contribution in [3.05, 3.63) is 42.2 Å². The van der Waals surface area contributed by atoms with Crippen molar-refractivity contribution >= 4 is 11.6 Å². The molecule has 0 spiro atoms. The fourth-order valence-electron chi connectivity index (χ4n) is 3.25. The number of aromatic amines is 1. The molecule has 2 N–H and O–H groups in total. The summed E-state index contributed by atoms with van der Waals surface area (Å²) in [6.07, 6.45) is 13.6. The molecule has 6 heteroatoms. The third-order valence-electron chi connectivity index (χ3n) is 4.68. The topological polar surface area (TPSA) is 73.9 Å². The van der Waals surface area contributed by atoms with Crippen LogP contribution in [-0.4, -0.2) is 40.5 Å². The second-order valence-electron chi connectivity index (χ2n) is 6.59. The van der Waals surface area contributed by atoms with Gasteiger partial charge in [-0.05, 0) is 25.0 Å². The Morgan fingerprint density at radius 2 is 1.92 bits per heavy atom. The van der Waals surface area contributed by atoms with Crippen LogP contribution in [0.1, 0.15) is 54.7 Å². The van der Waals surface area contributed by atoms with Gasteiger partial charge in [0.05, 0.1) is 6.33 Å². The summed E-state index contributed by atoms with van der Waals surface area (Å²) < 4.78 is 0. The zero-order valence-electron chi connectivity index (χ0n) is 14.7. The Labute approximate surface area is 149 Å². The van der Waals surface area contributed by atoms with Crippen molar-refractivity contribution in [2.45, 2.75) is 44.9 Å². The Balaban J connectivity index is 1.58. The van der Waals surface area contributed by atoms with Crippen molar-refractivity contribution in [2.24, 2.45) is 0 Å². The first-order valence-corrected chi connectivity index (χ1v) is 9.29. The van der Waals surface area contributed by atoms with Gasteiger partial charge in [-0.1, -0.05) is 25.7 Å². The van der Waals surface area contributed by atoms with Crippen LogP contribution in [0.15, 0.2) is 30.9 Å². The molecule has 0 bridgehead atoms. The zero-order valence-corrected chi connectivity index (χ0v) is 14.7. The smallest absolute Gasteiger partial charge is 0.269 e. The molecule has 3 rings (SSSR count). The zero-order chi connectivity index (χ0) is 17.3. The van der Waals surface area contributed by atoms with Crippen LogP contribution in [-0.2, 0) is 6.42 Å². The number of anilines is 1. The maximum Gasteiger partial charge on any atom is 0.269 e. The van der Waals surface area contributed by atoms with E-state index in [-0.39, 0.29) is 5.91 Å². The van der Waals surface area contributed by atoms with Gasteiger partial charge in [0, 0.05) is 49.8 Å². The summed E-state index contributed by atoms with van der Waals surface area (Å²) in [5.74, 6) is -0.120. The van der Waals surface area contributed by atoms with Crippen LogP contribution in [0.4, 0.5) is 5.69 Å². The number of nitrogens with zero attached hydrogens (tertiary/aromatic N) is 3. The summed E-state index contributed by atoms with van der Waals surface area (Å²) in [7, 11) is 0. The lowest BCUT2D eigenvalue weighted by Gasteiger charge is -2.24. The molecule has 2 aromatic rings. The fourth-order valence-corrected chi connectivity index (χ4v) is 3.25. The Kier molecular flexibility index (Phi) is 6.42. The fraction of sp³-hybridized carbons (Fsp3) is 0.526. The number of H-pyrrole nitrogens is 1. The average molecular weight is 341 g/mol. The maximum atomic E-state index is 12.4. The van der Waals surface area contributed by atoms with E-state index in [4.69, 9.17) is 0 Å². The molecule has 0 atom stereocenters. The third kappa shape index (κ3) is 5.31. The van der Waals surface area contributed by atoms with Crippen LogP contribution in [0.5, 0.6) is 0 Å². The van der Waals surface area contributed by atoms with E-state index in [9.17, 15) is 4.79 Å². The molecular formula is C19H27N5O. The minimum absolute atomic E-state index is 0.120. The van der Waals surface area contributed by atoms with Crippen LogP contribution >= 0.6 is 0 Å². The molecule has 0 saturated carbocycles. The predicted octanol–water partition coefficient (Wildman–Crippen LogP) is 2.94. The minimum Gasteiger partial charge on any atom is -0.371 e. The van der Waals surface area contributed by atoms with E-state index in [2.05, 4.69) is 25.2 Å². The van der Waals surface area contributed by atoms with Gasteiger partial charge in [0.25, 0.3) is 5.91 Å². The van der Waals surface area contributed by atoms with Crippen LogP contribution in [0, 0.1) is 0 Å². The lowest BCUT2D eigenvalue weighted by molar-refractivity contribution is 0.0949. The van der Waals surface area contributed by atoms with Crippen molar-refractivity contribution in [1.82, 2.24) is 20.3 Å². The van der Waals surface area contributed by atoms with Gasteiger partial charge < -0.3 is 15.2 Å². The van der Waals surface area contributed by atoms with Gasteiger partial charge in [0.15, 0.2) is 0 Å². The molecule has 0 aliphatic carbocycles.